The summed E-state index contributed by atoms with van der Waals surface area (Å²) in [5.41, 5.74) is 1.22. The van der Waals surface area contributed by atoms with E-state index in [0.29, 0.717) is 0 Å². The van der Waals surface area contributed by atoms with Crippen LogP contribution in [0.25, 0.3) is 0 Å². The first-order valence-electron chi connectivity index (χ1n) is 2.31. The van der Waals surface area contributed by atoms with E-state index in [1.165, 1.54) is 5.56 Å². The first-order valence-corrected chi connectivity index (χ1v) is 2.31. The Labute approximate surface area is 57.1 Å². The SMILES string of the molecule is Cc1ccoc1C.F.F.F. The lowest BCUT2D eigenvalue weighted by Crippen LogP contribution is -1.63. The van der Waals surface area contributed by atoms with Crippen molar-refractivity contribution in [1.29, 1.82) is 0 Å². The van der Waals surface area contributed by atoms with E-state index in [2.05, 4.69) is 0 Å². The van der Waals surface area contributed by atoms with Crippen LogP contribution in [0.3, 0.4) is 0 Å². The molecule has 0 N–H and O–H groups in total. The molecule has 1 aromatic rings. The predicted molar refractivity (Wildman–Crippen MR) is 35.7 cm³/mol. The highest BCUT2D eigenvalue weighted by Crippen LogP contribution is 2.04. The summed E-state index contributed by atoms with van der Waals surface area (Å²) < 4.78 is 4.96. The molecule has 0 amide bonds. The van der Waals surface area contributed by atoms with Gasteiger partial charge in [-0.05, 0) is 25.5 Å². The molecule has 62 valence electrons. The number of aryl methyl sites for hydroxylation is 2. The molecule has 0 saturated heterocycles. The third-order valence-corrected chi connectivity index (χ3v) is 1.12. The highest BCUT2D eigenvalue weighted by molar-refractivity contribution is 5.11. The Bertz CT molecular complexity index is 145. The zero-order valence-electron chi connectivity index (χ0n) is 5.79. The molecule has 1 nitrogen and oxygen atoms in total. The van der Waals surface area contributed by atoms with Crippen LogP contribution < -0.4 is 0 Å². The van der Waals surface area contributed by atoms with Gasteiger partial charge in [0.1, 0.15) is 5.76 Å². The van der Waals surface area contributed by atoms with Crippen molar-refractivity contribution in [3.05, 3.63) is 23.7 Å². The molecular weight excluding hydrogens is 145 g/mol. The van der Waals surface area contributed by atoms with Crippen LogP contribution in [0.4, 0.5) is 14.1 Å². The third kappa shape index (κ3) is 3.17. The van der Waals surface area contributed by atoms with Crippen LogP contribution in [0.1, 0.15) is 11.3 Å². The average molecular weight is 156 g/mol. The lowest BCUT2D eigenvalue weighted by Gasteiger charge is -1.79. The first kappa shape index (κ1) is 16.0. The van der Waals surface area contributed by atoms with Gasteiger partial charge >= 0.3 is 0 Å². The van der Waals surface area contributed by atoms with Crippen molar-refractivity contribution in [1.82, 2.24) is 0 Å². The maximum absolute atomic E-state index is 4.96. The smallest absolute Gasteiger partial charge is 0.103 e. The molecule has 4 heteroatoms. The molecule has 0 unspecified atom stereocenters. The molecule has 0 radical (unpaired) electrons. The molecule has 0 fully saturated rings. The van der Waals surface area contributed by atoms with Gasteiger partial charge < -0.3 is 4.42 Å². The Morgan fingerprint density at radius 3 is 1.70 bits per heavy atom. The zero-order valence-corrected chi connectivity index (χ0v) is 5.79. The molecule has 0 bridgehead atoms. The molecule has 1 heterocycles. The lowest BCUT2D eigenvalue weighted by molar-refractivity contribution is 0.532. The number of furan rings is 1. The molecule has 0 aliphatic heterocycles. The van der Waals surface area contributed by atoms with Gasteiger partial charge in [-0.1, -0.05) is 0 Å². The van der Waals surface area contributed by atoms with Crippen LogP contribution >= 0.6 is 0 Å². The summed E-state index contributed by atoms with van der Waals surface area (Å²) in [6.07, 6.45) is 1.70. The van der Waals surface area contributed by atoms with E-state index in [1.807, 2.05) is 19.9 Å². The van der Waals surface area contributed by atoms with Gasteiger partial charge in [-0.2, -0.15) is 0 Å². The summed E-state index contributed by atoms with van der Waals surface area (Å²) in [5.74, 6) is 1.01. The third-order valence-electron chi connectivity index (χ3n) is 1.12. The van der Waals surface area contributed by atoms with Gasteiger partial charge in [0.15, 0.2) is 0 Å². The minimum Gasteiger partial charge on any atom is -0.469 e. The van der Waals surface area contributed by atoms with Crippen LogP contribution in [-0.2, 0) is 0 Å². The molecule has 0 aliphatic rings. The van der Waals surface area contributed by atoms with E-state index in [0.717, 1.165) is 5.76 Å². The van der Waals surface area contributed by atoms with Crippen LogP contribution in [-0.4, -0.2) is 0 Å². The van der Waals surface area contributed by atoms with Crippen LogP contribution in [0.15, 0.2) is 16.7 Å². The molecule has 0 atom stereocenters. The lowest BCUT2D eigenvalue weighted by atomic mass is 10.3. The van der Waals surface area contributed by atoms with E-state index < -0.39 is 0 Å². The van der Waals surface area contributed by atoms with Crippen molar-refractivity contribution < 1.29 is 18.5 Å². The highest BCUT2D eigenvalue weighted by atomic mass is 19.0. The van der Waals surface area contributed by atoms with Gasteiger partial charge in [0.25, 0.3) is 0 Å². The van der Waals surface area contributed by atoms with Crippen LogP contribution in [0.2, 0.25) is 0 Å². The Hall–Kier alpha value is -0.930. The highest BCUT2D eigenvalue weighted by Gasteiger charge is 1.88. The van der Waals surface area contributed by atoms with Crippen LogP contribution in [0, 0.1) is 13.8 Å². The van der Waals surface area contributed by atoms with Crippen molar-refractivity contribution >= 4 is 0 Å². The van der Waals surface area contributed by atoms with Crippen molar-refractivity contribution in [2.75, 3.05) is 0 Å². The second kappa shape index (κ2) is 6.19. The fourth-order valence-electron chi connectivity index (χ4n) is 0.448. The van der Waals surface area contributed by atoms with E-state index >= 15 is 0 Å². The summed E-state index contributed by atoms with van der Waals surface area (Å²) in [5, 5.41) is 0. The van der Waals surface area contributed by atoms with Gasteiger partial charge in [0.2, 0.25) is 0 Å². The molecule has 10 heavy (non-hydrogen) atoms. The fourth-order valence-corrected chi connectivity index (χ4v) is 0.448. The topological polar surface area (TPSA) is 13.1 Å². The Kier molecular flexibility index (Phi) is 9.93. The average Bonchev–Trinajstić information content (AvgIpc) is 1.91. The van der Waals surface area contributed by atoms with Crippen molar-refractivity contribution in [2.24, 2.45) is 0 Å². The molecule has 0 spiro atoms. The second-order valence-electron chi connectivity index (χ2n) is 1.66. The molecule has 0 aliphatic carbocycles. The second-order valence-corrected chi connectivity index (χ2v) is 1.66. The summed E-state index contributed by atoms with van der Waals surface area (Å²) in [4.78, 5) is 0. The maximum atomic E-state index is 4.96. The molecule has 1 rings (SSSR count). The molecular formula is C6H11F3O. The normalized spacial score (nSPS) is 6.60. The number of hydrogen-bond donors (Lipinski definition) is 0. The predicted octanol–water partition coefficient (Wildman–Crippen LogP) is 2.35. The number of halogens is 3. The Morgan fingerprint density at radius 1 is 1.10 bits per heavy atom. The standard InChI is InChI=1S/C6H8O.3FH/c1-5-3-4-7-6(5)2;;;/h3-4H,1-2H3;3*1H. The zero-order chi connectivity index (χ0) is 5.28. The van der Waals surface area contributed by atoms with Crippen LogP contribution in [0.5, 0.6) is 0 Å². The number of hydrogen-bond acceptors (Lipinski definition) is 1. The van der Waals surface area contributed by atoms with Crippen molar-refractivity contribution in [3.8, 4) is 0 Å². The molecule has 0 saturated carbocycles. The quantitative estimate of drug-likeness (QED) is 0.562. The van der Waals surface area contributed by atoms with Crippen molar-refractivity contribution in [2.45, 2.75) is 13.8 Å². The van der Waals surface area contributed by atoms with Gasteiger partial charge in [-0.3, -0.25) is 14.1 Å². The first-order chi connectivity index (χ1) is 3.30. The monoisotopic (exact) mass is 156 g/mol. The van der Waals surface area contributed by atoms with E-state index in [4.69, 9.17) is 4.42 Å². The molecule has 0 aromatic carbocycles. The van der Waals surface area contributed by atoms with Gasteiger partial charge in [0, 0.05) is 0 Å². The Morgan fingerprint density at radius 2 is 1.60 bits per heavy atom. The number of rotatable bonds is 0. The molecule has 1 aromatic heterocycles. The largest absolute Gasteiger partial charge is 0.469 e. The minimum atomic E-state index is 0. The maximum Gasteiger partial charge on any atom is 0.103 e. The van der Waals surface area contributed by atoms with E-state index in [-0.39, 0.29) is 14.1 Å². The van der Waals surface area contributed by atoms with Gasteiger partial charge in [0.05, 0.1) is 6.26 Å². The summed E-state index contributed by atoms with van der Waals surface area (Å²) in [7, 11) is 0. The van der Waals surface area contributed by atoms with Gasteiger partial charge in [-0.25, -0.2) is 0 Å². The van der Waals surface area contributed by atoms with Crippen molar-refractivity contribution in [3.63, 3.8) is 0 Å². The minimum absolute atomic E-state index is 0. The summed E-state index contributed by atoms with van der Waals surface area (Å²) >= 11 is 0. The summed E-state index contributed by atoms with van der Waals surface area (Å²) in [6, 6.07) is 1.95. The van der Waals surface area contributed by atoms with E-state index in [1.54, 1.807) is 6.26 Å². The fraction of sp³-hybridized carbons (Fsp3) is 0.333. The summed E-state index contributed by atoms with van der Waals surface area (Å²) in [6.45, 7) is 3.98. The Balaban J connectivity index is -0.000000163. The van der Waals surface area contributed by atoms with E-state index in [9.17, 15) is 0 Å². The van der Waals surface area contributed by atoms with Gasteiger partial charge in [-0.15, -0.1) is 0 Å².